The second-order valence-electron chi connectivity index (χ2n) is 1.99. The SMILES string of the molecule is COc1c(N)oc2ncoc12. The fraction of sp³-hybridized carbons (Fsp3) is 0.167. The first-order valence-electron chi connectivity index (χ1n) is 2.98. The monoisotopic (exact) mass is 154 g/mol. The van der Waals surface area contributed by atoms with E-state index in [0.717, 1.165) is 0 Å². The van der Waals surface area contributed by atoms with Gasteiger partial charge in [-0.2, -0.15) is 4.98 Å². The van der Waals surface area contributed by atoms with E-state index in [9.17, 15) is 0 Å². The third-order valence-corrected chi connectivity index (χ3v) is 1.38. The second kappa shape index (κ2) is 1.91. The standard InChI is InChI=1S/C6H6N2O3/c1-9-3-4-6(8-2-10-4)11-5(3)7/h2H,7H2,1H3. The van der Waals surface area contributed by atoms with E-state index < -0.39 is 0 Å². The Labute approximate surface area is 61.7 Å². The zero-order valence-corrected chi connectivity index (χ0v) is 5.83. The summed E-state index contributed by atoms with van der Waals surface area (Å²) in [7, 11) is 1.49. The van der Waals surface area contributed by atoms with Gasteiger partial charge in [-0.1, -0.05) is 0 Å². The lowest BCUT2D eigenvalue weighted by atomic mass is 10.5. The molecule has 0 aliphatic rings. The Balaban J connectivity index is 2.80. The molecule has 0 spiro atoms. The molecule has 0 amide bonds. The molecule has 58 valence electrons. The number of anilines is 1. The minimum absolute atomic E-state index is 0.189. The molecule has 0 unspecified atom stereocenters. The van der Waals surface area contributed by atoms with E-state index in [1.165, 1.54) is 13.5 Å². The highest BCUT2D eigenvalue weighted by Gasteiger charge is 2.15. The fourth-order valence-corrected chi connectivity index (χ4v) is 0.915. The number of nitrogens with two attached hydrogens (primary N) is 1. The van der Waals surface area contributed by atoms with Crippen molar-refractivity contribution in [3.05, 3.63) is 6.39 Å². The molecule has 5 heteroatoms. The summed E-state index contributed by atoms with van der Waals surface area (Å²) in [6, 6.07) is 0. The predicted molar refractivity (Wildman–Crippen MR) is 37.2 cm³/mol. The lowest BCUT2D eigenvalue weighted by Gasteiger charge is -1.91. The Bertz CT molecular complexity index is 376. The molecule has 0 bridgehead atoms. The van der Waals surface area contributed by atoms with Gasteiger partial charge in [0.15, 0.2) is 6.39 Å². The van der Waals surface area contributed by atoms with Crippen molar-refractivity contribution >= 4 is 17.2 Å². The van der Waals surface area contributed by atoms with Crippen LogP contribution in [0.5, 0.6) is 5.75 Å². The second-order valence-corrected chi connectivity index (χ2v) is 1.99. The van der Waals surface area contributed by atoms with Gasteiger partial charge in [0.25, 0.3) is 5.71 Å². The van der Waals surface area contributed by atoms with Crippen LogP contribution >= 0.6 is 0 Å². The van der Waals surface area contributed by atoms with E-state index in [1.807, 2.05) is 0 Å². The highest BCUT2D eigenvalue weighted by atomic mass is 16.5. The highest BCUT2D eigenvalue weighted by Crippen LogP contribution is 2.33. The van der Waals surface area contributed by atoms with Gasteiger partial charge in [0.1, 0.15) is 0 Å². The van der Waals surface area contributed by atoms with Crippen molar-refractivity contribution in [2.75, 3.05) is 12.8 Å². The molecule has 2 aromatic rings. The molecule has 0 radical (unpaired) electrons. The Morgan fingerprint density at radius 1 is 1.64 bits per heavy atom. The van der Waals surface area contributed by atoms with E-state index in [4.69, 9.17) is 19.3 Å². The van der Waals surface area contributed by atoms with Crippen LogP contribution in [0.3, 0.4) is 0 Å². The number of rotatable bonds is 1. The molecule has 2 N–H and O–H groups in total. The number of nitrogen functional groups attached to an aromatic ring is 1. The first-order valence-corrected chi connectivity index (χ1v) is 2.98. The molecule has 0 aliphatic heterocycles. The first-order chi connectivity index (χ1) is 5.33. The summed E-state index contributed by atoms with van der Waals surface area (Å²) in [6.45, 7) is 0. The van der Waals surface area contributed by atoms with Gasteiger partial charge >= 0.3 is 0 Å². The highest BCUT2D eigenvalue weighted by molar-refractivity contribution is 5.80. The number of fused-ring (bicyclic) bond motifs is 1. The average molecular weight is 154 g/mol. The van der Waals surface area contributed by atoms with Gasteiger partial charge < -0.3 is 19.3 Å². The summed E-state index contributed by atoms with van der Waals surface area (Å²) in [6.07, 6.45) is 1.27. The van der Waals surface area contributed by atoms with E-state index in [1.54, 1.807) is 0 Å². The van der Waals surface area contributed by atoms with E-state index in [-0.39, 0.29) is 5.88 Å². The summed E-state index contributed by atoms with van der Waals surface area (Å²) in [5.74, 6) is 0.590. The minimum atomic E-state index is 0.189. The average Bonchev–Trinajstić information content (AvgIpc) is 2.46. The lowest BCUT2D eigenvalue weighted by Crippen LogP contribution is -1.86. The van der Waals surface area contributed by atoms with Crippen molar-refractivity contribution in [1.82, 2.24) is 4.98 Å². The molecular formula is C6H6N2O3. The number of furan rings is 1. The van der Waals surface area contributed by atoms with Gasteiger partial charge in [-0.15, -0.1) is 0 Å². The third-order valence-electron chi connectivity index (χ3n) is 1.38. The van der Waals surface area contributed by atoms with Crippen LogP contribution in [0.25, 0.3) is 11.3 Å². The van der Waals surface area contributed by atoms with Crippen LogP contribution in [0.4, 0.5) is 5.88 Å². The number of hydrogen-bond acceptors (Lipinski definition) is 5. The van der Waals surface area contributed by atoms with Gasteiger partial charge in [-0.25, -0.2) is 0 Å². The molecule has 5 nitrogen and oxygen atoms in total. The largest absolute Gasteiger partial charge is 0.488 e. The predicted octanol–water partition coefficient (Wildman–Crippen LogP) is 1.01. The molecule has 0 saturated heterocycles. The normalized spacial score (nSPS) is 10.6. The van der Waals surface area contributed by atoms with Crippen molar-refractivity contribution in [2.24, 2.45) is 0 Å². The molecule has 0 atom stereocenters. The zero-order chi connectivity index (χ0) is 7.84. The molecule has 0 aromatic carbocycles. The van der Waals surface area contributed by atoms with Crippen LogP contribution in [0, 0.1) is 0 Å². The van der Waals surface area contributed by atoms with E-state index >= 15 is 0 Å². The molecule has 2 aromatic heterocycles. The van der Waals surface area contributed by atoms with Crippen molar-refractivity contribution in [3.63, 3.8) is 0 Å². The third kappa shape index (κ3) is 0.674. The van der Waals surface area contributed by atoms with Crippen molar-refractivity contribution in [2.45, 2.75) is 0 Å². The summed E-state index contributed by atoms with van der Waals surface area (Å²) < 4.78 is 14.8. The number of oxazole rings is 1. The summed E-state index contributed by atoms with van der Waals surface area (Å²) in [5.41, 5.74) is 6.23. The molecule has 2 rings (SSSR count). The molecule has 0 aliphatic carbocycles. The quantitative estimate of drug-likeness (QED) is 0.663. The molecule has 0 saturated carbocycles. The van der Waals surface area contributed by atoms with Crippen LogP contribution < -0.4 is 10.5 Å². The fourth-order valence-electron chi connectivity index (χ4n) is 0.915. The van der Waals surface area contributed by atoms with Crippen LogP contribution in [0.2, 0.25) is 0 Å². The Kier molecular flexibility index (Phi) is 1.06. The Hall–Kier alpha value is -1.65. The summed E-state index contributed by atoms with van der Waals surface area (Å²) >= 11 is 0. The van der Waals surface area contributed by atoms with Gasteiger partial charge in [0.2, 0.25) is 17.2 Å². The maximum Gasteiger partial charge on any atom is 0.271 e. The first kappa shape index (κ1) is 6.09. The summed E-state index contributed by atoms with van der Waals surface area (Å²) in [5, 5.41) is 0. The molecular weight excluding hydrogens is 148 g/mol. The minimum Gasteiger partial charge on any atom is -0.488 e. The van der Waals surface area contributed by atoms with Gasteiger partial charge in [0, 0.05) is 0 Å². The Morgan fingerprint density at radius 3 is 3.18 bits per heavy atom. The number of methoxy groups -OCH3 is 1. The van der Waals surface area contributed by atoms with Crippen LogP contribution in [-0.2, 0) is 0 Å². The molecule has 0 fully saturated rings. The van der Waals surface area contributed by atoms with Crippen molar-refractivity contribution < 1.29 is 13.6 Å². The van der Waals surface area contributed by atoms with Crippen molar-refractivity contribution in [3.8, 4) is 5.75 Å². The van der Waals surface area contributed by atoms with E-state index in [0.29, 0.717) is 17.0 Å². The van der Waals surface area contributed by atoms with Gasteiger partial charge in [0.05, 0.1) is 7.11 Å². The lowest BCUT2D eigenvalue weighted by molar-refractivity contribution is 0.406. The number of ether oxygens (including phenoxy) is 1. The summed E-state index contributed by atoms with van der Waals surface area (Å²) in [4.78, 5) is 3.75. The smallest absolute Gasteiger partial charge is 0.271 e. The van der Waals surface area contributed by atoms with Gasteiger partial charge in [-0.05, 0) is 0 Å². The van der Waals surface area contributed by atoms with E-state index in [2.05, 4.69) is 4.98 Å². The molecule has 11 heavy (non-hydrogen) atoms. The maximum atomic E-state index is 5.42. The van der Waals surface area contributed by atoms with Gasteiger partial charge in [-0.3, -0.25) is 0 Å². The number of aromatic nitrogens is 1. The number of hydrogen-bond donors (Lipinski definition) is 1. The molecule has 2 heterocycles. The number of nitrogens with zero attached hydrogens (tertiary/aromatic N) is 1. The maximum absolute atomic E-state index is 5.42. The van der Waals surface area contributed by atoms with Crippen molar-refractivity contribution in [1.29, 1.82) is 0 Å². The topological polar surface area (TPSA) is 74.4 Å². The van der Waals surface area contributed by atoms with Crippen LogP contribution in [0.15, 0.2) is 15.2 Å². The van der Waals surface area contributed by atoms with Crippen LogP contribution in [0.1, 0.15) is 0 Å². The zero-order valence-electron chi connectivity index (χ0n) is 5.83. The van der Waals surface area contributed by atoms with Crippen LogP contribution in [-0.4, -0.2) is 12.1 Å². The Morgan fingerprint density at radius 2 is 2.45 bits per heavy atom.